The molecule has 0 bridgehead atoms. The van der Waals surface area contributed by atoms with Gasteiger partial charge in [0.25, 0.3) is 0 Å². The lowest BCUT2D eigenvalue weighted by atomic mass is 9.96. The van der Waals surface area contributed by atoms with Gasteiger partial charge in [0, 0.05) is 18.0 Å². The highest BCUT2D eigenvalue weighted by Gasteiger charge is 2.26. The Balaban J connectivity index is 2.31. The second-order valence-corrected chi connectivity index (χ2v) is 9.73. The fraction of sp³-hybridized carbons (Fsp3) is 0.714. The van der Waals surface area contributed by atoms with Crippen molar-refractivity contribution >= 4 is 39.6 Å². The maximum atomic E-state index is 12.6. The molecule has 0 aromatic carbocycles. The lowest BCUT2D eigenvalue weighted by Gasteiger charge is -2.29. The average Bonchev–Trinajstić information content (AvgIpc) is 2.89. The molecule has 1 aliphatic carbocycles. The number of methoxy groups -OCH3 is 1. The van der Waals surface area contributed by atoms with Gasteiger partial charge in [-0.15, -0.1) is 11.3 Å². The Bertz CT molecular complexity index is 643. The summed E-state index contributed by atoms with van der Waals surface area (Å²) in [5, 5.41) is 4.97. The molecule has 2 rings (SSSR count). The van der Waals surface area contributed by atoms with Crippen molar-refractivity contribution in [2.75, 3.05) is 25.5 Å². The molecule has 4 nitrogen and oxygen atoms in total. The van der Waals surface area contributed by atoms with Crippen molar-refractivity contribution in [1.82, 2.24) is 4.90 Å². The Labute approximate surface area is 173 Å². The second kappa shape index (κ2) is 10.4. The minimum absolute atomic E-state index is 0.252. The van der Waals surface area contributed by atoms with Crippen LogP contribution in [0.5, 0.6) is 0 Å². The van der Waals surface area contributed by atoms with Crippen molar-refractivity contribution in [2.24, 2.45) is 11.8 Å². The number of nitrogens with one attached hydrogen (secondary N) is 1. The van der Waals surface area contributed by atoms with Crippen molar-refractivity contribution in [3.05, 3.63) is 16.0 Å². The number of thiocarbonyl (C=S) groups is 1. The minimum atomic E-state index is -0.252. The largest absolute Gasteiger partial charge is 0.465 e. The molecule has 1 aromatic rings. The molecule has 1 N–H and O–H groups in total. The maximum absolute atomic E-state index is 12.6. The molecule has 152 valence electrons. The van der Waals surface area contributed by atoms with Gasteiger partial charge in [-0.1, -0.05) is 40.5 Å². The number of carbonyl (C=O) groups is 1. The van der Waals surface area contributed by atoms with Gasteiger partial charge in [0.1, 0.15) is 5.00 Å². The predicted molar refractivity (Wildman–Crippen MR) is 119 cm³/mol. The first-order chi connectivity index (χ1) is 12.8. The van der Waals surface area contributed by atoms with Crippen molar-refractivity contribution < 1.29 is 9.53 Å². The number of esters is 1. The van der Waals surface area contributed by atoms with Gasteiger partial charge in [-0.25, -0.2) is 4.79 Å². The lowest BCUT2D eigenvalue weighted by molar-refractivity contribution is 0.0601. The van der Waals surface area contributed by atoms with E-state index in [0.717, 1.165) is 37.4 Å². The third kappa shape index (κ3) is 6.18. The summed E-state index contributed by atoms with van der Waals surface area (Å²) in [7, 11) is 1.46. The number of aryl methyl sites for hydroxylation is 1. The molecule has 6 heteroatoms. The van der Waals surface area contributed by atoms with E-state index in [0.29, 0.717) is 22.5 Å². The van der Waals surface area contributed by atoms with Crippen molar-refractivity contribution in [1.29, 1.82) is 0 Å². The van der Waals surface area contributed by atoms with E-state index in [1.54, 1.807) is 11.3 Å². The number of rotatable bonds is 6. The van der Waals surface area contributed by atoms with Gasteiger partial charge in [0.15, 0.2) is 5.11 Å². The highest BCUT2D eigenvalue weighted by molar-refractivity contribution is 7.80. The monoisotopic (exact) mass is 410 g/mol. The van der Waals surface area contributed by atoms with E-state index in [2.05, 4.69) is 37.9 Å². The van der Waals surface area contributed by atoms with Crippen LogP contribution in [0.15, 0.2) is 0 Å². The van der Waals surface area contributed by atoms with Crippen LogP contribution in [-0.2, 0) is 17.6 Å². The van der Waals surface area contributed by atoms with Gasteiger partial charge < -0.3 is 15.0 Å². The molecule has 1 aliphatic rings. The molecule has 1 heterocycles. The third-order valence-electron chi connectivity index (χ3n) is 4.74. The van der Waals surface area contributed by atoms with Gasteiger partial charge in [-0.2, -0.15) is 0 Å². The van der Waals surface area contributed by atoms with Gasteiger partial charge in [-0.3, -0.25) is 0 Å². The molecule has 27 heavy (non-hydrogen) atoms. The second-order valence-electron chi connectivity index (χ2n) is 8.24. The highest BCUT2D eigenvalue weighted by atomic mass is 32.1. The first-order valence-corrected chi connectivity index (χ1v) is 11.3. The van der Waals surface area contributed by atoms with Crippen molar-refractivity contribution in [3.63, 3.8) is 0 Å². The van der Waals surface area contributed by atoms with E-state index in [1.165, 1.54) is 36.8 Å². The summed E-state index contributed by atoms with van der Waals surface area (Å²) < 4.78 is 5.12. The number of carbonyl (C=O) groups excluding carboxylic acids is 1. The van der Waals surface area contributed by atoms with Gasteiger partial charge >= 0.3 is 5.97 Å². The average molecular weight is 411 g/mol. The first kappa shape index (κ1) is 22.2. The summed E-state index contributed by atoms with van der Waals surface area (Å²) in [6.07, 6.45) is 6.80. The number of thiophene rings is 1. The fourth-order valence-electron chi connectivity index (χ4n) is 3.62. The molecule has 0 radical (unpaired) electrons. The Morgan fingerprint density at radius 1 is 1.11 bits per heavy atom. The third-order valence-corrected chi connectivity index (χ3v) is 6.31. The summed E-state index contributed by atoms with van der Waals surface area (Å²) in [6, 6.07) is 0. The number of nitrogens with zero attached hydrogens (tertiary/aromatic N) is 1. The molecule has 0 spiro atoms. The zero-order valence-electron chi connectivity index (χ0n) is 17.4. The Kier molecular flexibility index (Phi) is 8.55. The quantitative estimate of drug-likeness (QED) is 0.495. The highest BCUT2D eigenvalue weighted by Crippen LogP contribution is 2.37. The van der Waals surface area contributed by atoms with E-state index in [-0.39, 0.29) is 5.97 Å². The van der Waals surface area contributed by atoms with Crippen molar-refractivity contribution in [3.8, 4) is 0 Å². The number of ether oxygens (including phenoxy) is 1. The van der Waals surface area contributed by atoms with E-state index in [4.69, 9.17) is 17.0 Å². The lowest BCUT2D eigenvalue weighted by Crippen LogP contribution is -2.39. The smallest absolute Gasteiger partial charge is 0.341 e. The molecular weight excluding hydrogens is 376 g/mol. The molecule has 0 saturated heterocycles. The van der Waals surface area contributed by atoms with Crippen LogP contribution in [0.3, 0.4) is 0 Å². The zero-order chi connectivity index (χ0) is 20.0. The predicted octanol–water partition coefficient (Wildman–Crippen LogP) is 5.50. The van der Waals surface area contributed by atoms with Gasteiger partial charge in [0.05, 0.1) is 12.7 Å². The zero-order valence-corrected chi connectivity index (χ0v) is 19.0. The molecular formula is C21H34N2O2S2. The normalized spacial score (nSPS) is 14.5. The van der Waals surface area contributed by atoms with Crippen LogP contribution in [0.1, 0.15) is 74.2 Å². The van der Waals surface area contributed by atoms with Crippen LogP contribution in [0, 0.1) is 11.8 Å². The Hall–Kier alpha value is -1.14. The molecule has 0 saturated carbocycles. The summed E-state index contributed by atoms with van der Waals surface area (Å²) in [5.41, 5.74) is 1.88. The van der Waals surface area contributed by atoms with E-state index in [1.807, 2.05) is 0 Å². The van der Waals surface area contributed by atoms with Gasteiger partial charge in [0.2, 0.25) is 0 Å². The van der Waals surface area contributed by atoms with E-state index in [9.17, 15) is 4.79 Å². The van der Waals surface area contributed by atoms with Crippen molar-refractivity contribution in [2.45, 2.75) is 66.2 Å². The molecule has 0 amide bonds. The number of hydrogen-bond donors (Lipinski definition) is 1. The summed E-state index contributed by atoms with van der Waals surface area (Å²) in [6.45, 7) is 10.6. The topological polar surface area (TPSA) is 41.6 Å². The van der Waals surface area contributed by atoms with E-state index < -0.39 is 0 Å². The fourth-order valence-corrected chi connectivity index (χ4v) is 5.22. The minimum Gasteiger partial charge on any atom is -0.465 e. The summed E-state index contributed by atoms with van der Waals surface area (Å²) >= 11 is 7.43. The van der Waals surface area contributed by atoms with Crippen LogP contribution in [-0.4, -0.2) is 36.2 Å². The summed E-state index contributed by atoms with van der Waals surface area (Å²) in [4.78, 5) is 16.1. The number of fused-ring (bicyclic) bond motifs is 1. The number of hydrogen-bond acceptors (Lipinski definition) is 4. The number of anilines is 1. The molecule has 0 atom stereocenters. The molecule has 0 unspecified atom stereocenters. The first-order valence-electron chi connectivity index (χ1n) is 10.1. The van der Waals surface area contributed by atoms with Crippen LogP contribution in [0.2, 0.25) is 0 Å². The van der Waals surface area contributed by atoms with Crippen LogP contribution >= 0.6 is 23.6 Å². The van der Waals surface area contributed by atoms with Crippen LogP contribution < -0.4 is 5.32 Å². The van der Waals surface area contributed by atoms with E-state index >= 15 is 0 Å². The Morgan fingerprint density at radius 2 is 1.70 bits per heavy atom. The SMILES string of the molecule is COC(=O)c1c(NC(=S)N(CC(C)C)CC(C)C)sc2c1CCCCCC2. The maximum Gasteiger partial charge on any atom is 0.341 e. The Morgan fingerprint density at radius 3 is 2.26 bits per heavy atom. The van der Waals surface area contributed by atoms with Crippen LogP contribution in [0.25, 0.3) is 0 Å². The van der Waals surface area contributed by atoms with Crippen LogP contribution in [0.4, 0.5) is 5.00 Å². The summed E-state index contributed by atoms with van der Waals surface area (Å²) in [5.74, 6) is 0.789. The standard InChI is InChI=1S/C21H34N2O2S2/c1-14(2)12-23(13-15(3)4)21(26)22-19-18(20(24)25-5)16-10-8-6-7-9-11-17(16)27-19/h14-15H,6-13H2,1-5H3,(H,22,26). The molecule has 1 aromatic heterocycles. The molecule has 0 aliphatic heterocycles. The molecule has 0 fully saturated rings. The van der Waals surface area contributed by atoms with Gasteiger partial charge in [-0.05, 0) is 55.3 Å².